The van der Waals surface area contributed by atoms with E-state index in [1.165, 1.54) is 18.0 Å². The van der Waals surface area contributed by atoms with Gasteiger partial charge in [0.1, 0.15) is 0 Å². The summed E-state index contributed by atoms with van der Waals surface area (Å²) in [5, 5.41) is 20.4. The molecule has 20 heavy (non-hydrogen) atoms. The lowest BCUT2D eigenvalue weighted by Gasteiger charge is -1.99. The second kappa shape index (κ2) is 7.14. The van der Waals surface area contributed by atoms with E-state index in [2.05, 4.69) is 25.7 Å². The standard InChI is InChI=1S/C11H8Cl2N6S/c12-8-3-1-2-7(9(8)13)6-15-17-10-16-11(19-18-10)20-5-4-14/h1-3,6H,5H2,(H2,16,17,18,19)/b15-6+. The molecule has 0 saturated carbocycles. The Morgan fingerprint density at radius 2 is 2.35 bits per heavy atom. The number of halogens is 2. The highest BCUT2D eigenvalue weighted by molar-refractivity contribution is 7.99. The molecule has 0 radical (unpaired) electrons. The summed E-state index contributed by atoms with van der Waals surface area (Å²) < 4.78 is 0. The van der Waals surface area contributed by atoms with Gasteiger partial charge in [-0.05, 0) is 6.07 Å². The molecule has 102 valence electrons. The lowest BCUT2D eigenvalue weighted by atomic mass is 10.2. The van der Waals surface area contributed by atoms with E-state index in [1.807, 2.05) is 6.07 Å². The third-order valence-electron chi connectivity index (χ3n) is 2.09. The summed E-state index contributed by atoms with van der Waals surface area (Å²) in [4.78, 5) is 4.08. The summed E-state index contributed by atoms with van der Waals surface area (Å²) in [7, 11) is 0. The van der Waals surface area contributed by atoms with Gasteiger partial charge in [0.05, 0.1) is 28.1 Å². The smallest absolute Gasteiger partial charge is 0.240 e. The Morgan fingerprint density at radius 1 is 1.50 bits per heavy atom. The second-order valence-electron chi connectivity index (χ2n) is 3.43. The van der Waals surface area contributed by atoms with Crippen molar-refractivity contribution in [2.45, 2.75) is 5.16 Å². The van der Waals surface area contributed by atoms with E-state index in [-0.39, 0.29) is 0 Å². The minimum absolute atomic E-state index is 0.290. The molecule has 0 atom stereocenters. The highest BCUT2D eigenvalue weighted by Crippen LogP contribution is 2.24. The van der Waals surface area contributed by atoms with Crippen molar-refractivity contribution in [3.8, 4) is 6.07 Å². The maximum absolute atomic E-state index is 8.45. The van der Waals surface area contributed by atoms with Gasteiger partial charge in [0.2, 0.25) is 11.1 Å². The highest BCUT2D eigenvalue weighted by Gasteiger charge is 2.03. The number of anilines is 1. The van der Waals surface area contributed by atoms with Crippen molar-refractivity contribution in [2.24, 2.45) is 5.10 Å². The van der Waals surface area contributed by atoms with Crippen LogP contribution in [0.15, 0.2) is 28.5 Å². The minimum atomic E-state index is 0.290. The number of hydrogen-bond acceptors (Lipinski definition) is 6. The van der Waals surface area contributed by atoms with E-state index in [1.54, 1.807) is 18.2 Å². The maximum atomic E-state index is 8.45. The fourth-order valence-electron chi connectivity index (χ4n) is 1.24. The van der Waals surface area contributed by atoms with E-state index >= 15 is 0 Å². The summed E-state index contributed by atoms with van der Waals surface area (Å²) in [6, 6.07) is 7.26. The van der Waals surface area contributed by atoms with Crippen LogP contribution in [-0.2, 0) is 0 Å². The molecule has 0 aliphatic rings. The molecule has 6 nitrogen and oxygen atoms in total. The average Bonchev–Trinajstić information content (AvgIpc) is 2.89. The second-order valence-corrected chi connectivity index (χ2v) is 5.15. The van der Waals surface area contributed by atoms with E-state index < -0.39 is 0 Å². The Morgan fingerprint density at radius 3 is 3.15 bits per heavy atom. The number of nitriles is 1. The summed E-state index contributed by atoms with van der Waals surface area (Å²) in [6.07, 6.45) is 1.53. The molecule has 0 aliphatic heterocycles. The number of nitrogens with zero attached hydrogens (tertiary/aromatic N) is 4. The molecule has 1 aromatic heterocycles. The average molecular weight is 327 g/mol. The number of thioether (sulfide) groups is 1. The SMILES string of the molecule is N#CCSc1n[nH]c(N/N=C/c2cccc(Cl)c2Cl)n1. The number of nitrogens with one attached hydrogen (secondary N) is 2. The third kappa shape index (κ3) is 3.87. The van der Waals surface area contributed by atoms with Crippen molar-refractivity contribution in [3.05, 3.63) is 33.8 Å². The van der Waals surface area contributed by atoms with Gasteiger partial charge in [-0.1, -0.05) is 47.1 Å². The van der Waals surface area contributed by atoms with Crippen molar-refractivity contribution in [1.82, 2.24) is 15.2 Å². The summed E-state index contributed by atoms with van der Waals surface area (Å²) >= 11 is 13.1. The molecular formula is C11H8Cl2N6S. The Balaban J connectivity index is 1.98. The number of benzene rings is 1. The fourth-order valence-corrected chi connectivity index (χ4v) is 2.06. The van der Waals surface area contributed by atoms with Crippen molar-refractivity contribution in [1.29, 1.82) is 5.26 Å². The summed E-state index contributed by atoms with van der Waals surface area (Å²) in [5.41, 5.74) is 3.36. The molecule has 0 bridgehead atoms. The predicted octanol–water partition coefficient (Wildman–Crippen LogP) is 3.17. The van der Waals surface area contributed by atoms with Crippen molar-refractivity contribution < 1.29 is 0 Å². The van der Waals surface area contributed by atoms with Crippen LogP contribution < -0.4 is 5.43 Å². The number of hydrazone groups is 1. The van der Waals surface area contributed by atoms with E-state index in [9.17, 15) is 0 Å². The van der Waals surface area contributed by atoms with Crippen molar-refractivity contribution >= 4 is 47.1 Å². The first kappa shape index (κ1) is 14.7. The van der Waals surface area contributed by atoms with Crippen LogP contribution in [0.5, 0.6) is 0 Å². The monoisotopic (exact) mass is 326 g/mol. The molecule has 2 rings (SSSR count). The van der Waals surface area contributed by atoms with Gasteiger partial charge in [0.25, 0.3) is 0 Å². The van der Waals surface area contributed by atoms with Crippen LogP contribution in [0.2, 0.25) is 10.0 Å². The van der Waals surface area contributed by atoms with Gasteiger partial charge in [0.15, 0.2) is 0 Å². The number of aromatic nitrogens is 3. The van der Waals surface area contributed by atoms with E-state index in [0.29, 0.717) is 32.5 Å². The first-order valence-corrected chi connectivity index (χ1v) is 7.10. The molecule has 9 heteroatoms. The Hall–Kier alpha value is -1.75. The number of aromatic amines is 1. The number of H-pyrrole nitrogens is 1. The van der Waals surface area contributed by atoms with Gasteiger partial charge in [-0.2, -0.15) is 15.3 Å². The topological polar surface area (TPSA) is 89.8 Å². The van der Waals surface area contributed by atoms with Crippen LogP contribution in [-0.4, -0.2) is 27.1 Å². The molecule has 0 amide bonds. The number of hydrogen-bond donors (Lipinski definition) is 2. The molecule has 2 aromatic rings. The van der Waals surface area contributed by atoms with Crippen LogP contribution in [0.3, 0.4) is 0 Å². The third-order valence-corrected chi connectivity index (χ3v) is 3.63. The zero-order valence-corrected chi connectivity index (χ0v) is 12.3. The Kier molecular flexibility index (Phi) is 5.24. The van der Waals surface area contributed by atoms with E-state index in [0.717, 1.165) is 0 Å². The summed E-state index contributed by atoms with van der Waals surface area (Å²) in [5.74, 6) is 0.665. The Labute approximate surface area is 129 Å². The molecule has 1 heterocycles. The zero-order valence-electron chi connectivity index (χ0n) is 9.97. The van der Waals surface area contributed by atoms with Crippen molar-refractivity contribution in [2.75, 3.05) is 11.2 Å². The van der Waals surface area contributed by atoms with Crippen LogP contribution >= 0.6 is 35.0 Å². The van der Waals surface area contributed by atoms with Gasteiger partial charge in [-0.15, -0.1) is 5.10 Å². The van der Waals surface area contributed by atoms with Gasteiger partial charge in [-0.3, -0.25) is 0 Å². The van der Waals surface area contributed by atoms with Crippen LogP contribution in [0.25, 0.3) is 0 Å². The molecule has 0 fully saturated rings. The fraction of sp³-hybridized carbons (Fsp3) is 0.0909. The highest BCUT2D eigenvalue weighted by atomic mass is 35.5. The maximum Gasteiger partial charge on any atom is 0.240 e. The van der Waals surface area contributed by atoms with Crippen LogP contribution in [0.1, 0.15) is 5.56 Å². The van der Waals surface area contributed by atoms with Crippen LogP contribution in [0.4, 0.5) is 5.95 Å². The van der Waals surface area contributed by atoms with Gasteiger partial charge in [-0.25, -0.2) is 10.5 Å². The molecule has 0 aliphatic carbocycles. The van der Waals surface area contributed by atoms with Gasteiger partial charge >= 0.3 is 0 Å². The lowest BCUT2D eigenvalue weighted by molar-refractivity contribution is 0.975. The molecule has 0 saturated heterocycles. The molecule has 0 unspecified atom stereocenters. The first-order valence-electron chi connectivity index (χ1n) is 5.36. The van der Waals surface area contributed by atoms with Crippen molar-refractivity contribution in [3.63, 3.8) is 0 Å². The number of rotatable bonds is 5. The zero-order chi connectivity index (χ0) is 14.4. The normalized spacial score (nSPS) is 10.7. The Bertz CT molecular complexity index is 663. The first-order chi connectivity index (χ1) is 9.70. The molecule has 2 N–H and O–H groups in total. The van der Waals surface area contributed by atoms with E-state index in [4.69, 9.17) is 28.5 Å². The van der Waals surface area contributed by atoms with Gasteiger partial charge < -0.3 is 0 Å². The predicted molar refractivity (Wildman–Crippen MR) is 80.4 cm³/mol. The molecular weight excluding hydrogens is 319 g/mol. The lowest BCUT2D eigenvalue weighted by Crippen LogP contribution is -1.93. The minimum Gasteiger partial charge on any atom is -0.246 e. The quantitative estimate of drug-likeness (QED) is 0.500. The molecule has 0 spiro atoms. The molecule has 1 aromatic carbocycles. The largest absolute Gasteiger partial charge is 0.246 e. The summed E-state index contributed by atoms with van der Waals surface area (Å²) in [6.45, 7) is 0. The van der Waals surface area contributed by atoms with Gasteiger partial charge in [0, 0.05) is 5.56 Å². The van der Waals surface area contributed by atoms with Crippen LogP contribution in [0, 0.1) is 11.3 Å².